The number of halogens is 1. The summed E-state index contributed by atoms with van der Waals surface area (Å²) >= 11 is 2.09. The predicted octanol–water partition coefficient (Wildman–Crippen LogP) is 4.08. The molecule has 2 bridgehead atoms. The summed E-state index contributed by atoms with van der Waals surface area (Å²) in [5.41, 5.74) is 1.29. The quantitative estimate of drug-likeness (QED) is 0.220. The third-order valence-corrected chi connectivity index (χ3v) is 7.87. The number of hydrogen-bond donors (Lipinski definition) is 0. The topological polar surface area (TPSA) is 80.5 Å². The van der Waals surface area contributed by atoms with Crippen LogP contribution in [-0.2, 0) is 15.1 Å². The second-order valence-electron chi connectivity index (χ2n) is 8.14. The Morgan fingerprint density at radius 2 is 1.39 bits per heavy atom. The minimum atomic E-state index is -1.78. The van der Waals surface area contributed by atoms with Crippen molar-refractivity contribution >= 4 is 40.1 Å². The van der Waals surface area contributed by atoms with Gasteiger partial charge >= 0.3 is 0 Å². The Kier molecular flexibility index (Phi) is 3.75. The Labute approximate surface area is 191 Å². The maximum absolute atomic E-state index is 13.8. The van der Waals surface area contributed by atoms with Crippen LogP contribution in [0.15, 0.2) is 72.8 Å². The van der Waals surface area contributed by atoms with Gasteiger partial charge in [0.1, 0.15) is 5.92 Å². The molecule has 7 heteroatoms. The lowest BCUT2D eigenvalue weighted by molar-refractivity contribution is -0.578. The van der Waals surface area contributed by atoms with Gasteiger partial charge in [-0.15, -0.1) is 0 Å². The lowest BCUT2D eigenvalue weighted by Gasteiger charge is -2.48. The van der Waals surface area contributed by atoms with Gasteiger partial charge in [-0.3, -0.25) is 19.7 Å². The summed E-state index contributed by atoms with van der Waals surface area (Å²) in [6.45, 7) is 0. The molecule has 0 unspecified atom stereocenters. The van der Waals surface area contributed by atoms with E-state index in [2.05, 4.69) is 22.6 Å². The van der Waals surface area contributed by atoms with Crippen LogP contribution in [0.25, 0.3) is 0 Å². The van der Waals surface area contributed by atoms with Gasteiger partial charge in [0.2, 0.25) is 11.8 Å². The predicted molar refractivity (Wildman–Crippen MR) is 121 cm³/mol. The molecule has 1 heterocycles. The van der Waals surface area contributed by atoms with Gasteiger partial charge < -0.3 is 0 Å². The number of para-hydroxylation sites is 1. The minimum absolute atomic E-state index is 0.345. The Morgan fingerprint density at radius 1 is 0.839 bits per heavy atom. The molecular formula is C24H15IN2O4. The summed E-state index contributed by atoms with van der Waals surface area (Å²) in [4.78, 5) is 41.3. The highest BCUT2D eigenvalue weighted by Crippen LogP contribution is 2.64. The Morgan fingerprint density at radius 3 is 1.97 bits per heavy atom. The molecule has 0 spiro atoms. The van der Waals surface area contributed by atoms with Crippen molar-refractivity contribution in [2.45, 2.75) is 11.5 Å². The highest BCUT2D eigenvalue weighted by atomic mass is 127. The SMILES string of the molecule is O=C1[C@H]2C3c4ccccc4C([N+](=O)[O-])(c4ccccc43)[C@H]2C(=O)N1c1ccccc1I. The van der Waals surface area contributed by atoms with Crippen LogP contribution in [0.3, 0.4) is 0 Å². The number of benzene rings is 3. The molecule has 3 aliphatic carbocycles. The first-order valence-electron chi connectivity index (χ1n) is 9.95. The molecule has 0 N–H and O–H groups in total. The summed E-state index contributed by atoms with van der Waals surface area (Å²) in [5, 5.41) is 12.9. The molecule has 2 amide bonds. The van der Waals surface area contributed by atoms with E-state index >= 15 is 0 Å². The molecule has 1 aliphatic heterocycles. The van der Waals surface area contributed by atoms with Crippen LogP contribution >= 0.6 is 22.6 Å². The van der Waals surface area contributed by atoms with Crippen LogP contribution in [0.4, 0.5) is 5.69 Å². The van der Waals surface area contributed by atoms with Crippen molar-refractivity contribution in [3.8, 4) is 0 Å². The molecule has 1 fully saturated rings. The average molecular weight is 522 g/mol. The fourth-order valence-electron chi connectivity index (χ4n) is 5.91. The molecule has 152 valence electrons. The summed E-state index contributed by atoms with van der Waals surface area (Å²) in [6.07, 6.45) is 0. The number of nitrogens with zero attached hydrogens (tertiary/aromatic N) is 2. The van der Waals surface area contributed by atoms with E-state index in [4.69, 9.17) is 0 Å². The van der Waals surface area contributed by atoms with Gasteiger partial charge in [-0.05, 0) is 45.9 Å². The van der Waals surface area contributed by atoms with Crippen molar-refractivity contribution in [3.05, 3.63) is 109 Å². The van der Waals surface area contributed by atoms with Crippen molar-refractivity contribution in [3.63, 3.8) is 0 Å². The molecule has 31 heavy (non-hydrogen) atoms. The lowest BCUT2D eigenvalue weighted by atomic mass is 9.51. The van der Waals surface area contributed by atoms with Gasteiger partial charge in [0.05, 0.1) is 11.6 Å². The van der Waals surface area contributed by atoms with E-state index in [1.807, 2.05) is 36.4 Å². The second-order valence-corrected chi connectivity index (χ2v) is 9.30. The molecule has 3 aromatic carbocycles. The van der Waals surface area contributed by atoms with E-state index in [0.29, 0.717) is 16.8 Å². The molecule has 1 saturated heterocycles. The third-order valence-electron chi connectivity index (χ3n) is 6.95. The smallest absolute Gasteiger partial charge is 0.274 e. The first-order chi connectivity index (χ1) is 15.0. The van der Waals surface area contributed by atoms with Gasteiger partial charge in [0, 0.05) is 25.5 Å². The Bertz CT molecular complexity index is 1270. The maximum Gasteiger partial charge on any atom is 0.285 e. The van der Waals surface area contributed by atoms with E-state index in [-0.39, 0.29) is 16.7 Å². The van der Waals surface area contributed by atoms with Crippen LogP contribution < -0.4 is 4.90 Å². The highest BCUT2D eigenvalue weighted by molar-refractivity contribution is 14.1. The molecule has 0 radical (unpaired) electrons. The molecule has 0 saturated carbocycles. The molecule has 3 aromatic rings. The van der Waals surface area contributed by atoms with Crippen LogP contribution in [0.2, 0.25) is 0 Å². The Balaban J connectivity index is 1.69. The van der Waals surface area contributed by atoms with Gasteiger partial charge in [0.15, 0.2) is 0 Å². The summed E-state index contributed by atoms with van der Waals surface area (Å²) in [6, 6.07) is 21.5. The third kappa shape index (κ3) is 2.07. The molecule has 7 rings (SSSR count). The summed E-state index contributed by atoms with van der Waals surface area (Å²) in [7, 11) is 0. The van der Waals surface area contributed by atoms with Crippen molar-refractivity contribution in [1.29, 1.82) is 0 Å². The van der Waals surface area contributed by atoms with Gasteiger partial charge in [-0.25, -0.2) is 4.90 Å². The van der Waals surface area contributed by atoms with E-state index in [0.717, 1.165) is 14.7 Å². The number of amides is 2. The summed E-state index contributed by atoms with van der Waals surface area (Å²) < 4.78 is 0.748. The maximum atomic E-state index is 13.8. The number of rotatable bonds is 2. The van der Waals surface area contributed by atoms with Crippen LogP contribution in [0.1, 0.15) is 28.2 Å². The highest BCUT2D eigenvalue weighted by Gasteiger charge is 2.74. The number of carbonyl (C=O) groups excluding carboxylic acids is 2. The van der Waals surface area contributed by atoms with Crippen molar-refractivity contribution in [2.24, 2.45) is 11.8 Å². The standard InChI is InChI=1S/C24H15IN2O4/c25-17-11-5-6-12-18(17)26-22(28)20-19-13-7-1-3-9-15(13)24(27(30)31,21(20)23(26)29)16-10-4-2-8-14(16)19/h1-12,19-21H/t19?,20-,21+,24?/m0/s1. The van der Waals surface area contributed by atoms with Crippen LogP contribution in [0, 0.1) is 25.5 Å². The van der Waals surface area contributed by atoms with Crippen molar-refractivity contribution in [2.75, 3.05) is 4.90 Å². The fraction of sp³-hybridized carbons (Fsp3) is 0.167. The number of nitro groups is 1. The van der Waals surface area contributed by atoms with E-state index < -0.39 is 23.3 Å². The number of hydrogen-bond acceptors (Lipinski definition) is 4. The molecule has 0 aromatic heterocycles. The van der Waals surface area contributed by atoms with Crippen LogP contribution in [0.5, 0.6) is 0 Å². The normalized spacial score (nSPS) is 27.6. The number of carbonyl (C=O) groups is 2. The minimum Gasteiger partial charge on any atom is -0.274 e. The van der Waals surface area contributed by atoms with Gasteiger partial charge in [-0.1, -0.05) is 60.7 Å². The van der Waals surface area contributed by atoms with E-state index in [1.165, 1.54) is 4.90 Å². The zero-order valence-corrected chi connectivity index (χ0v) is 18.2. The largest absolute Gasteiger partial charge is 0.285 e. The number of anilines is 1. The number of imide groups is 1. The molecule has 6 nitrogen and oxygen atoms in total. The average Bonchev–Trinajstić information content (AvgIpc) is 3.05. The Hall–Kier alpha value is -3.07. The van der Waals surface area contributed by atoms with Gasteiger partial charge in [-0.2, -0.15) is 0 Å². The summed E-state index contributed by atoms with van der Waals surface area (Å²) in [5.74, 6) is -3.13. The second kappa shape index (κ2) is 6.23. The first-order valence-corrected chi connectivity index (χ1v) is 11.0. The van der Waals surface area contributed by atoms with E-state index in [1.54, 1.807) is 36.4 Å². The lowest BCUT2D eigenvalue weighted by Crippen LogP contribution is -2.57. The zero-order chi connectivity index (χ0) is 21.5. The van der Waals surface area contributed by atoms with E-state index in [9.17, 15) is 19.7 Å². The van der Waals surface area contributed by atoms with Crippen LogP contribution in [-0.4, -0.2) is 16.7 Å². The molecule has 2 atom stereocenters. The first kappa shape index (κ1) is 18.7. The van der Waals surface area contributed by atoms with Crippen molar-refractivity contribution < 1.29 is 14.5 Å². The molecule has 4 aliphatic rings. The monoisotopic (exact) mass is 522 g/mol. The molecular weight excluding hydrogens is 507 g/mol. The fourth-order valence-corrected chi connectivity index (χ4v) is 6.54. The van der Waals surface area contributed by atoms with Gasteiger partial charge in [0.25, 0.3) is 5.54 Å². The van der Waals surface area contributed by atoms with Crippen molar-refractivity contribution in [1.82, 2.24) is 0 Å². The zero-order valence-electron chi connectivity index (χ0n) is 16.1.